The number of para-hydroxylation sites is 1. The summed E-state index contributed by atoms with van der Waals surface area (Å²) in [6.07, 6.45) is 6.58. The van der Waals surface area contributed by atoms with Crippen molar-refractivity contribution in [2.75, 3.05) is 32.7 Å². The Kier molecular flexibility index (Phi) is 6.28. The van der Waals surface area contributed by atoms with E-state index in [0.717, 1.165) is 48.3 Å². The molecule has 0 saturated carbocycles. The average molecular weight is 288 g/mol. The van der Waals surface area contributed by atoms with Gasteiger partial charge in [0.1, 0.15) is 11.3 Å². The van der Waals surface area contributed by atoms with Crippen molar-refractivity contribution < 1.29 is 9.47 Å². The summed E-state index contributed by atoms with van der Waals surface area (Å²) in [5.74, 6) is 0.815. The molecular formula is C17H24N2O2. The van der Waals surface area contributed by atoms with Crippen molar-refractivity contribution in [3.05, 3.63) is 30.5 Å². The number of benzene rings is 1. The lowest BCUT2D eigenvalue weighted by Gasteiger charge is -2.11. The lowest BCUT2D eigenvalue weighted by molar-refractivity contribution is 0.192. The number of nitrogens with zero attached hydrogens (tertiary/aromatic N) is 1. The maximum atomic E-state index is 5.36. The highest BCUT2D eigenvalue weighted by Crippen LogP contribution is 2.28. The summed E-state index contributed by atoms with van der Waals surface area (Å²) < 4.78 is 10.4. The molecule has 114 valence electrons. The highest BCUT2D eigenvalue weighted by Gasteiger charge is 2.05. The van der Waals surface area contributed by atoms with Crippen molar-refractivity contribution in [2.45, 2.75) is 25.7 Å². The van der Waals surface area contributed by atoms with Crippen molar-refractivity contribution in [1.29, 1.82) is 0 Å². The van der Waals surface area contributed by atoms with Gasteiger partial charge in [0.05, 0.1) is 7.11 Å². The lowest BCUT2D eigenvalue weighted by atomic mass is 10.1. The van der Waals surface area contributed by atoms with E-state index >= 15 is 0 Å². The van der Waals surface area contributed by atoms with Gasteiger partial charge in [-0.1, -0.05) is 25.0 Å². The Morgan fingerprint density at radius 1 is 1.05 bits per heavy atom. The zero-order valence-electron chi connectivity index (χ0n) is 12.9. The number of nitrogens with one attached hydrogen (secondary N) is 1. The second kappa shape index (κ2) is 8.47. The topological polar surface area (TPSA) is 43.4 Å². The van der Waals surface area contributed by atoms with E-state index in [1.165, 1.54) is 12.8 Å². The van der Waals surface area contributed by atoms with Crippen molar-refractivity contribution in [3.8, 4) is 5.75 Å². The molecule has 0 amide bonds. The average Bonchev–Trinajstić information content (AvgIpc) is 2.53. The molecule has 1 aromatic carbocycles. The van der Waals surface area contributed by atoms with Gasteiger partial charge in [0.2, 0.25) is 0 Å². The van der Waals surface area contributed by atoms with Crippen LogP contribution in [0.4, 0.5) is 5.69 Å². The Labute approximate surface area is 126 Å². The molecule has 0 spiro atoms. The third-order valence-corrected chi connectivity index (χ3v) is 3.54. The number of hydrogen-bond donors (Lipinski definition) is 1. The Bertz CT molecular complexity index is 557. The van der Waals surface area contributed by atoms with Crippen molar-refractivity contribution in [1.82, 2.24) is 4.98 Å². The number of pyridine rings is 1. The molecular weight excluding hydrogens is 264 g/mol. The number of ether oxygens (including phenoxy) is 2. The van der Waals surface area contributed by atoms with Crippen LogP contribution < -0.4 is 10.1 Å². The highest BCUT2D eigenvalue weighted by molar-refractivity contribution is 5.94. The van der Waals surface area contributed by atoms with Gasteiger partial charge in [0, 0.05) is 37.5 Å². The number of unbranched alkanes of at least 4 members (excludes halogenated alkanes) is 3. The van der Waals surface area contributed by atoms with Crippen LogP contribution in [0, 0.1) is 0 Å². The van der Waals surface area contributed by atoms with Gasteiger partial charge in [-0.25, -0.2) is 0 Å². The molecule has 0 unspecified atom stereocenters. The quantitative estimate of drug-likeness (QED) is 0.711. The first-order valence-corrected chi connectivity index (χ1v) is 7.51. The molecule has 0 fully saturated rings. The molecule has 1 N–H and O–H groups in total. The molecule has 0 aliphatic rings. The van der Waals surface area contributed by atoms with Crippen LogP contribution in [0.3, 0.4) is 0 Å². The summed E-state index contributed by atoms with van der Waals surface area (Å²) in [7, 11) is 3.43. The van der Waals surface area contributed by atoms with Gasteiger partial charge in [-0.05, 0) is 25.0 Å². The van der Waals surface area contributed by atoms with Crippen LogP contribution in [0.2, 0.25) is 0 Å². The van der Waals surface area contributed by atoms with E-state index in [4.69, 9.17) is 9.47 Å². The summed E-state index contributed by atoms with van der Waals surface area (Å²) in [5, 5.41) is 4.61. The molecule has 2 rings (SSSR count). The van der Waals surface area contributed by atoms with Gasteiger partial charge in [0.15, 0.2) is 0 Å². The fourth-order valence-corrected chi connectivity index (χ4v) is 2.42. The van der Waals surface area contributed by atoms with Crippen LogP contribution in [-0.4, -0.2) is 32.4 Å². The lowest BCUT2D eigenvalue weighted by Crippen LogP contribution is -2.03. The molecule has 0 aliphatic carbocycles. The fourth-order valence-electron chi connectivity index (χ4n) is 2.42. The van der Waals surface area contributed by atoms with E-state index in [1.807, 2.05) is 24.4 Å². The second-order valence-electron chi connectivity index (χ2n) is 5.05. The van der Waals surface area contributed by atoms with Crippen LogP contribution in [-0.2, 0) is 4.74 Å². The Balaban J connectivity index is 1.90. The van der Waals surface area contributed by atoms with Gasteiger partial charge >= 0.3 is 0 Å². The van der Waals surface area contributed by atoms with Crippen molar-refractivity contribution in [2.24, 2.45) is 0 Å². The molecule has 0 bridgehead atoms. The third kappa shape index (κ3) is 4.33. The number of hydrogen-bond acceptors (Lipinski definition) is 4. The minimum atomic E-state index is 0.815. The molecule has 0 saturated heterocycles. The highest BCUT2D eigenvalue weighted by atomic mass is 16.5. The summed E-state index contributed by atoms with van der Waals surface area (Å²) in [6, 6.07) is 8.03. The molecule has 4 heteroatoms. The molecule has 1 aromatic heterocycles. The zero-order chi connectivity index (χ0) is 14.9. The molecule has 21 heavy (non-hydrogen) atoms. The van der Waals surface area contributed by atoms with E-state index in [2.05, 4.69) is 16.4 Å². The van der Waals surface area contributed by atoms with Gasteiger partial charge in [-0.3, -0.25) is 4.98 Å². The first kappa shape index (κ1) is 15.6. The Hall–Kier alpha value is -1.81. The van der Waals surface area contributed by atoms with E-state index in [0.29, 0.717) is 0 Å². The van der Waals surface area contributed by atoms with Gasteiger partial charge < -0.3 is 14.8 Å². The maximum Gasteiger partial charge on any atom is 0.145 e. The SMILES string of the molecule is COCCCCCCNc1ccnc2c(OC)cccc12. The van der Waals surface area contributed by atoms with E-state index in [1.54, 1.807) is 14.2 Å². The Morgan fingerprint density at radius 2 is 1.90 bits per heavy atom. The van der Waals surface area contributed by atoms with Crippen LogP contribution in [0.15, 0.2) is 30.5 Å². The summed E-state index contributed by atoms with van der Waals surface area (Å²) >= 11 is 0. The second-order valence-corrected chi connectivity index (χ2v) is 5.05. The molecule has 1 heterocycles. The summed E-state index contributed by atoms with van der Waals surface area (Å²) in [4.78, 5) is 4.41. The molecule has 0 radical (unpaired) electrons. The van der Waals surface area contributed by atoms with Gasteiger partial charge in [0.25, 0.3) is 0 Å². The monoisotopic (exact) mass is 288 g/mol. The normalized spacial score (nSPS) is 10.8. The molecule has 0 aliphatic heterocycles. The van der Waals surface area contributed by atoms with Crippen molar-refractivity contribution >= 4 is 16.6 Å². The predicted octanol–water partition coefficient (Wildman–Crippen LogP) is 3.86. The number of rotatable bonds is 9. The molecule has 2 aromatic rings. The number of methoxy groups -OCH3 is 2. The van der Waals surface area contributed by atoms with Crippen LogP contribution >= 0.6 is 0 Å². The molecule has 0 atom stereocenters. The van der Waals surface area contributed by atoms with Crippen LogP contribution in [0.1, 0.15) is 25.7 Å². The minimum absolute atomic E-state index is 0.815. The number of aromatic nitrogens is 1. The van der Waals surface area contributed by atoms with Crippen molar-refractivity contribution in [3.63, 3.8) is 0 Å². The fraction of sp³-hybridized carbons (Fsp3) is 0.471. The predicted molar refractivity (Wildman–Crippen MR) is 87.1 cm³/mol. The summed E-state index contributed by atoms with van der Waals surface area (Å²) in [6.45, 7) is 1.84. The zero-order valence-corrected chi connectivity index (χ0v) is 12.9. The van der Waals surface area contributed by atoms with E-state index in [-0.39, 0.29) is 0 Å². The largest absolute Gasteiger partial charge is 0.494 e. The smallest absolute Gasteiger partial charge is 0.145 e. The van der Waals surface area contributed by atoms with E-state index in [9.17, 15) is 0 Å². The maximum absolute atomic E-state index is 5.36. The van der Waals surface area contributed by atoms with Crippen LogP contribution in [0.25, 0.3) is 10.9 Å². The standard InChI is InChI=1S/C17H24N2O2/c1-20-13-6-4-3-5-11-18-15-10-12-19-17-14(15)8-7-9-16(17)21-2/h7-10,12H,3-6,11,13H2,1-2H3,(H,18,19). The number of anilines is 1. The van der Waals surface area contributed by atoms with E-state index < -0.39 is 0 Å². The summed E-state index contributed by atoms with van der Waals surface area (Å²) in [5.41, 5.74) is 2.03. The minimum Gasteiger partial charge on any atom is -0.494 e. The Morgan fingerprint density at radius 3 is 2.71 bits per heavy atom. The first-order valence-electron chi connectivity index (χ1n) is 7.51. The third-order valence-electron chi connectivity index (χ3n) is 3.54. The first-order chi connectivity index (χ1) is 10.4. The number of fused-ring (bicyclic) bond motifs is 1. The van der Waals surface area contributed by atoms with Crippen LogP contribution in [0.5, 0.6) is 5.75 Å². The molecule has 4 nitrogen and oxygen atoms in total. The van der Waals surface area contributed by atoms with Gasteiger partial charge in [-0.15, -0.1) is 0 Å². The van der Waals surface area contributed by atoms with Gasteiger partial charge in [-0.2, -0.15) is 0 Å².